The lowest BCUT2D eigenvalue weighted by molar-refractivity contribution is -0.129. The number of thioether (sulfide) groups is 1. The molecule has 2 heterocycles. The highest BCUT2D eigenvalue weighted by molar-refractivity contribution is 8.01. The Morgan fingerprint density at radius 2 is 2.00 bits per heavy atom. The summed E-state index contributed by atoms with van der Waals surface area (Å²) in [5, 5.41) is 1.24. The second-order valence-electron chi connectivity index (χ2n) is 7.08. The molecule has 5 heteroatoms. The molecule has 1 aliphatic rings. The maximum Gasteiger partial charge on any atom is 0.232 e. The highest BCUT2D eigenvalue weighted by Gasteiger charge is 2.26. The molecule has 0 unspecified atom stereocenters. The fourth-order valence-corrected chi connectivity index (χ4v) is 4.69. The van der Waals surface area contributed by atoms with E-state index >= 15 is 0 Å². The minimum absolute atomic E-state index is 0.148. The Bertz CT molecular complexity index is 649. The van der Waals surface area contributed by atoms with E-state index in [0.717, 1.165) is 31.4 Å². The normalized spacial score (nSPS) is 16.9. The number of hydrogen-bond acceptors (Lipinski definition) is 4. The molecule has 1 saturated heterocycles. The van der Waals surface area contributed by atoms with Gasteiger partial charge in [0.15, 0.2) is 0 Å². The van der Waals surface area contributed by atoms with E-state index in [1.807, 2.05) is 22.3 Å². The van der Waals surface area contributed by atoms with Gasteiger partial charge in [-0.1, -0.05) is 32.9 Å². The summed E-state index contributed by atoms with van der Waals surface area (Å²) < 4.78 is 1.41. The molecule has 23 heavy (non-hydrogen) atoms. The first-order chi connectivity index (χ1) is 10.9. The van der Waals surface area contributed by atoms with Crippen LogP contribution >= 0.6 is 23.1 Å². The van der Waals surface area contributed by atoms with Gasteiger partial charge in [0, 0.05) is 23.8 Å². The molecule has 1 fully saturated rings. The molecule has 3 nitrogen and oxygen atoms in total. The van der Waals surface area contributed by atoms with Gasteiger partial charge >= 0.3 is 0 Å². The molecule has 0 N–H and O–H groups in total. The number of piperidine rings is 1. The Morgan fingerprint density at radius 1 is 1.30 bits per heavy atom. The van der Waals surface area contributed by atoms with Crippen molar-refractivity contribution in [2.75, 3.05) is 18.8 Å². The van der Waals surface area contributed by atoms with Crippen molar-refractivity contribution in [2.45, 2.75) is 44.3 Å². The first kappa shape index (κ1) is 16.8. The standard InChI is InChI=1S/C18H24N2OS2/c1-18(2,3)22-12-16(21)20-10-8-13(9-11-20)17-19-14-6-4-5-7-15(14)23-17/h4-7,13H,8-12H2,1-3H3. The van der Waals surface area contributed by atoms with Crippen LogP contribution in [-0.2, 0) is 4.79 Å². The van der Waals surface area contributed by atoms with Gasteiger partial charge in [0.2, 0.25) is 5.91 Å². The Morgan fingerprint density at radius 3 is 2.65 bits per heavy atom. The van der Waals surface area contributed by atoms with Crippen molar-refractivity contribution in [2.24, 2.45) is 0 Å². The first-order valence-electron chi connectivity index (χ1n) is 8.19. The number of carbonyl (C=O) groups excluding carboxylic acids is 1. The lowest BCUT2D eigenvalue weighted by Crippen LogP contribution is -2.39. The van der Waals surface area contributed by atoms with Crippen LogP contribution in [0.3, 0.4) is 0 Å². The van der Waals surface area contributed by atoms with Gasteiger partial charge in [-0.15, -0.1) is 23.1 Å². The monoisotopic (exact) mass is 348 g/mol. The third-order valence-corrected chi connectivity index (χ3v) is 6.59. The summed E-state index contributed by atoms with van der Waals surface area (Å²) in [6.07, 6.45) is 2.07. The van der Waals surface area contributed by atoms with Crippen LogP contribution in [0, 0.1) is 0 Å². The number of amides is 1. The molecule has 1 aliphatic heterocycles. The second-order valence-corrected chi connectivity index (χ2v) is 9.94. The number of rotatable bonds is 3. The average Bonchev–Trinajstić information content (AvgIpc) is 2.96. The lowest BCUT2D eigenvalue weighted by Gasteiger charge is -2.31. The van der Waals surface area contributed by atoms with Gasteiger partial charge in [-0.3, -0.25) is 4.79 Å². The van der Waals surface area contributed by atoms with Crippen LogP contribution in [0.25, 0.3) is 10.2 Å². The molecule has 0 atom stereocenters. The highest BCUT2D eigenvalue weighted by atomic mass is 32.2. The van der Waals surface area contributed by atoms with Crippen molar-refractivity contribution in [3.05, 3.63) is 29.3 Å². The molecule has 0 saturated carbocycles. The molecule has 0 radical (unpaired) electrons. The van der Waals surface area contributed by atoms with Crippen molar-refractivity contribution in [1.82, 2.24) is 9.88 Å². The third kappa shape index (κ3) is 4.27. The van der Waals surface area contributed by atoms with Crippen molar-refractivity contribution in [3.8, 4) is 0 Å². The summed E-state index contributed by atoms with van der Waals surface area (Å²) in [6, 6.07) is 8.33. The number of aromatic nitrogens is 1. The number of fused-ring (bicyclic) bond motifs is 1. The van der Waals surface area contributed by atoms with E-state index in [1.165, 1.54) is 9.71 Å². The van der Waals surface area contributed by atoms with E-state index in [9.17, 15) is 4.79 Å². The van der Waals surface area contributed by atoms with Gasteiger partial charge in [-0.05, 0) is 25.0 Å². The molecule has 3 rings (SSSR count). The van der Waals surface area contributed by atoms with E-state index in [0.29, 0.717) is 11.7 Å². The van der Waals surface area contributed by atoms with Crippen LogP contribution in [-0.4, -0.2) is 39.4 Å². The minimum atomic E-state index is 0.148. The first-order valence-corrected chi connectivity index (χ1v) is 10.00. The van der Waals surface area contributed by atoms with E-state index in [2.05, 4.69) is 39.0 Å². The van der Waals surface area contributed by atoms with Crippen molar-refractivity contribution in [3.63, 3.8) is 0 Å². The number of nitrogens with zero attached hydrogens (tertiary/aromatic N) is 2. The van der Waals surface area contributed by atoms with Gasteiger partial charge in [0.25, 0.3) is 0 Å². The Balaban J connectivity index is 1.56. The van der Waals surface area contributed by atoms with Crippen molar-refractivity contribution >= 4 is 39.2 Å². The summed E-state index contributed by atoms with van der Waals surface area (Å²) in [5.41, 5.74) is 1.10. The molecule has 124 valence electrons. The van der Waals surface area contributed by atoms with Crippen LogP contribution in [0.5, 0.6) is 0 Å². The number of hydrogen-bond donors (Lipinski definition) is 0. The highest BCUT2D eigenvalue weighted by Crippen LogP contribution is 2.34. The van der Waals surface area contributed by atoms with Gasteiger partial charge < -0.3 is 4.90 Å². The predicted octanol–water partition coefficient (Wildman–Crippen LogP) is 4.53. The van der Waals surface area contributed by atoms with Crippen LogP contribution in [0.4, 0.5) is 0 Å². The van der Waals surface area contributed by atoms with Crippen LogP contribution < -0.4 is 0 Å². The molecular weight excluding hydrogens is 324 g/mol. The molecule has 1 aromatic heterocycles. The largest absolute Gasteiger partial charge is 0.342 e. The van der Waals surface area contributed by atoms with Gasteiger partial charge in [-0.2, -0.15) is 0 Å². The SMILES string of the molecule is CC(C)(C)SCC(=O)N1CCC(c2nc3ccccc3s2)CC1. The molecular formula is C18H24N2OS2. The molecule has 1 aromatic carbocycles. The number of para-hydroxylation sites is 1. The molecule has 2 aromatic rings. The summed E-state index contributed by atoms with van der Waals surface area (Å²) in [6.45, 7) is 8.20. The van der Waals surface area contributed by atoms with E-state index < -0.39 is 0 Å². The molecule has 0 bridgehead atoms. The third-order valence-electron chi connectivity index (χ3n) is 4.14. The molecule has 0 spiro atoms. The van der Waals surface area contributed by atoms with Gasteiger partial charge in [0.05, 0.1) is 21.0 Å². The number of benzene rings is 1. The van der Waals surface area contributed by atoms with Crippen molar-refractivity contribution in [1.29, 1.82) is 0 Å². The van der Waals surface area contributed by atoms with E-state index in [-0.39, 0.29) is 10.7 Å². The van der Waals surface area contributed by atoms with E-state index in [4.69, 9.17) is 4.98 Å². The Kier molecular flexibility index (Phi) is 4.97. The maximum absolute atomic E-state index is 12.3. The quantitative estimate of drug-likeness (QED) is 0.817. The number of likely N-dealkylation sites (tertiary alicyclic amines) is 1. The zero-order valence-electron chi connectivity index (χ0n) is 14.0. The van der Waals surface area contributed by atoms with Gasteiger partial charge in [-0.25, -0.2) is 4.98 Å². The van der Waals surface area contributed by atoms with Crippen LogP contribution in [0.15, 0.2) is 24.3 Å². The van der Waals surface area contributed by atoms with Crippen LogP contribution in [0.1, 0.15) is 44.5 Å². The van der Waals surface area contributed by atoms with Gasteiger partial charge in [0.1, 0.15) is 0 Å². The average molecular weight is 349 g/mol. The number of carbonyl (C=O) groups is 1. The summed E-state index contributed by atoms with van der Waals surface area (Å²) >= 11 is 3.54. The molecule has 1 amide bonds. The maximum atomic E-state index is 12.3. The summed E-state index contributed by atoms with van der Waals surface area (Å²) in [5.74, 6) is 1.38. The predicted molar refractivity (Wildman–Crippen MR) is 100 cm³/mol. The number of thiazole rings is 1. The van der Waals surface area contributed by atoms with Crippen molar-refractivity contribution < 1.29 is 4.79 Å². The minimum Gasteiger partial charge on any atom is -0.342 e. The second kappa shape index (κ2) is 6.81. The smallest absolute Gasteiger partial charge is 0.232 e. The topological polar surface area (TPSA) is 33.2 Å². The zero-order chi connectivity index (χ0) is 16.4. The summed E-state index contributed by atoms with van der Waals surface area (Å²) in [4.78, 5) is 19.1. The Labute approximate surface area is 146 Å². The lowest BCUT2D eigenvalue weighted by atomic mass is 9.97. The Hall–Kier alpha value is -1.07. The van der Waals surface area contributed by atoms with Crippen LogP contribution in [0.2, 0.25) is 0 Å². The zero-order valence-corrected chi connectivity index (χ0v) is 15.7. The fourth-order valence-electron chi connectivity index (χ4n) is 2.81. The molecule has 0 aliphatic carbocycles. The van der Waals surface area contributed by atoms with E-state index in [1.54, 1.807) is 11.8 Å². The summed E-state index contributed by atoms with van der Waals surface area (Å²) in [7, 11) is 0. The fraction of sp³-hybridized carbons (Fsp3) is 0.556.